The first kappa shape index (κ1) is 18.2. The maximum absolute atomic E-state index is 5.56. The summed E-state index contributed by atoms with van der Waals surface area (Å²) in [5.41, 5.74) is 5.94. The summed E-state index contributed by atoms with van der Waals surface area (Å²) in [7, 11) is 8.23. The molecule has 0 N–H and O–H groups in total. The molecule has 0 saturated carbocycles. The third-order valence-electron chi connectivity index (χ3n) is 4.03. The highest BCUT2D eigenvalue weighted by molar-refractivity contribution is 7.81. The van der Waals surface area contributed by atoms with E-state index in [9.17, 15) is 0 Å². The van der Waals surface area contributed by atoms with Crippen molar-refractivity contribution in [3.8, 4) is 0 Å². The van der Waals surface area contributed by atoms with E-state index < -0.39 is 0 Å². The number of hydrogen-bond donors (Lipinski definition) is 0. The Balaban J connectivity index is 2.24. The van der Waals surface area contributed by atoms with Crippen LogP contribution in [0.2, 0.25) is 0 Å². The monoisotopic (exact) mass is 338 g/mol. The SMILES string of the molecule is CCc1ccc(C(=S)C=Cc2cc(N(C)C)cc(N(C)C)c2)cc1. The van der Waals surface area contributed by atoms with E-state index >= 15 is 0 Å². The van der Waals surface area contributed by atoms with E-state index in [1.807, 2.05) is 6.08 Å². The van der Waals surface area contributed by atoms with Gasteiger partial charge in [-0.15, -0.1) is 0 Å². The molecule has 0 amide bonds. The predicted molar refractivity (Wildman–Crippen MR) is 112 cm³/mol. The zero-order valence-corrected chi connectivity index (χ0v) is 16.0. The van der Waals surface area contributed by atoms with Crippen LogP contribution in [0.25, 0.3) is 6.08 Å². The zero-order chi connectivity index (χ0) is 17.7. The molecule has 0 heterocycles. The minimum Gasteiger partial charge on any atom is -0.378 e. The van der Waals surface area contributed by atoms with Crippen LogP contribution in [0, 0.1) is 0 Å². The molecule has 2 rings (SSSR count). The molecule has 0 bridgehead atoms. The molecule has 0 aliphatic carbocycles. The minimum atomic E-state index is 0.860. The second kappa shape index (κ2) is 8.11. The molecular formula is C21H26N2S. The smallest absolute Gasteiger partial charge is 0.0449 e. The van der Waals surface area contributed by atoms with E-state index in [1.54, 1.807) is 0 Å². The summed E-state index contributed by atoms with van der Waals surface area (Å²) < 4.78 is 0. The van der Waals surface area contributed by atoms with Crippen LogP contribution in [0.3, 0.4) is 0 Å². The maximum atomic E-state index is 5.56. The van der Waals surface area contributed by atoms with E-state index in [0.29, 0.717) is 0 Å². The molecule has 2 nitrogen and oxygen atoms in total. The topological polar surface area (TPSA) is 6.48 Å². The molecule has 0 saturated heterocycles. The Morgan fingerprint density at radius 2 is 1.46 bits per heavy atom. The first-order valence-electron chi connectivity index (χ1n) is 8.21. The van der Waals surface area contributed by atoms with Gasteiger partial charge in [0.05, 0.1) is 0 Å². The Kier molecular flexibility index (Phi) is 6.16. The highest BCUT2D eigenvalue weighted by atomic mass is 32.1. The molecule has 0 radical (unpaired) electrons. The number of allylic oxidation sites excluding steroid dienone is 1. The van der Waals surface area contributed by atoms with Crippen LogP contribution >= 0.6 is 12.2 Å². The van der Waals surface area contributed by atoms with E-state index in [-0.39, 0.29) is 0 Å². The van der Waals surface area contributed by atoms with Gasteiger partial charge in [0.1, 0.15) is 0 Å². The average molecular weight is 339 g/mol. The van der Waals surface area contributed by atoms with Crippen molar-refractivity contribution < 1.29 is 0 Å². The number of nitrogens with zero attached hydrogens (tertiary/aromatic N) is 2. The van der Waals surface area contributed by atoms with E-state index in [1.165, 1.54) is 16.9 Å². The Morgan fingerprint density at radius 3 is 1.92 bits per heavy atom. The third kappa shape index (κ3) is 4.68. The molecule has 2 aromatic carbocycles. The van der Waals surface area contributed by atoms with Gasteiger partial charge < -0.3 is 9.80 Å². The van der Waals surface area contributed by atoms with Crippen LogP contribution in [-0.2, 0) is 6.42 Å². The second-order valence-electron chi connectivity index (χ2n) is 6.32. The molecule has 3 heteroatoms. The summed E-state index contributed by atoms with van der Waals surface area (Å²) in [5, 5.41) is 0. The fourth-order valence-electron chi connectivity index (χ4n) is 2.40. The first-order valence-corrected chi connectivity index (χ1v) is 8.62. The van der Waals surface area contributed by atoms with Crippen molar-refractivity contribution in [3.05, 3.63) is 65.2 Å². The molecule has 0 spiro atoms. The Bertz CT molecular complexity index is 702. The van der Waals surface area contributed by atoms with Crippen molar-refractivity contribution in [1.29, 1.82) is 0 Å². The van der Waals surface area contributed by atoms with Crippen molar-refractivity contribution in [2.24, 2.45) is 0 Å². The van der Waals surface area contributed by atoms with Gasteiger partial charge in [0.25, 0.3) is 0 Å². The Hall–Kier alpha value is -2.13. The molecule has 24 heavy (non-hydrogen) atoms. The quantitative estimate of drug-likeness (QED) is 0.424. The standard InChI is InChI=1S/C21H26N2S/c1-6-16-7-10-18(11-8-16)21(24)12-9-17-13-19(22(2)3)15-20(14-17)23(4)5/h7-15H,6H2,1-5H3. The Morgan fingerprint density at radius 1 is 0.917 bits per heavy atom. The van der Waals surface area contributed by atoms with Gasteiger partial charge >= 0.3 is 0 Å². The Labute approximate surface area is 151 Å². The van der Waals surface area contributed by atoms with Crippen molar-refractivity contribution in [1.82, 2.24) is 0 Å². The number of benzene rings is 2. The summed E-state index contributed by atoms with van der Waals surface area (Å²) in [6.45, 7) is 2.16. The van der Waals surface area contributed by atoms with Gasteiger partial charge in [0, 0.05) is 44.4 Å². The third-order valence-corrected chi connectivity index (χ3v) is 4.40. The second-order valence-corrected chi connectivity index (χ2v) is 6.76. The van der Waals surface area contributed by atoms with Crippen LogP contribution in [0.5, 0.6) is 0 Å². The zero-order valence-electron chi connectivity index (χ0n) is 15.2. The number of anilines is 2. The first-order chi connectivity index (χ1) is 11.4. The number of hydrogen-bond acceptors (Lipinski definition) is 3. The molecule has 0 aliphatic rings. The fourth-order valence-corrected chi connectivity index (χ4v) is 2.61. The lowest BCUT2D eigenvalue weighted by Gasteiger charge is -2.19. The van der Waals surface area contributed by atoms with Crippen LogP contribution in [0.15, 0.2) is 48.5 Å². The molecule has 0 aliphatic heterocycles. The highest BCUT2D eigenvalue weighted by Gasteiger charge is 2.04. The number of thiocarbonyl (C=S) groups is 1. The molecule has 126 valence electrons. The molecular weight excluding hydrogens is 312 g/mol. The highest BCUT2D eigenvalue weighted by Crippen LogP contribution is 2.24. The average Bonchev–Trinajstić information content (AvgIpc) is 2.59. The lowest BCUT2D eigenvalue weighted by atomic mass is 10.1. The molecule has 0 fully saturated rings. The molecule has 0 atom stereocenters. The summed E-state index contributed by atoms with van der Waals surface area (Å²) in [5.74, 6) is 0. The van der Waals surface area contributed by atoms with Gasteiger partial charge in [-0.25, -0.2) is 0 Å². The van der Waals surface area contributed by atoms with Gasteiger partial charge in [-0.1, -0.05) is 49.5 Å². The van der Waals surface area contributed by atoms with Gasteiger partial charge in [-0.3, -0.25) is 0 Å². The predicted octanol–water partition coefficient (Wildman–Crippen LogP) is 4.81. The summed E-state index contributed by atoms with van der Waals surface area (Å²) >= 11 is 5.56. The van der Waals surface area contributed by atoms with E-state index in [4.69, 9.17) is 12.2 Å². The lowest BCUT2D eigenvalue weighted by molar-refractivity contribution is 1.10. The van der Waals surface area contributed by atoms with Crippen molar-refractivity contribution >= 4 is 34.5 Å². The molecule has 2 aromatic rings. The summed E-state index contributed by atoms with van der Waals surface area (Å²) in [6.07, 6.45) is 5.16. The number of rotatable bonds is 6. The fraction of sp³-hybridized carbons (Fsp3) is 0.286. The molecule has 0 aromatic heterocycles. The van der Waals surface area contributed by atoms with Crippen molar-refractivity contribution in [3.63, 3.8) is 0 Å². The van der Waals surface area contributed by atoms with Crippen LogP contribution in [0.4, 0.5) is 11.4 Å². The van der Waals surface area contributed by atoms with E-state index in [0.717, 1.165) is 22.4 Å². The van der Waals surface area contributed by atoms with Crippen molar-refractivity contribution in [2.75, 3.05) is 38.0 Å². The van der Waals surface area contributed by atoms with Gasteiger partial charge in [-0.05, 0) is 47.4 Å². The van der Waals surface area contributed by atoms with Crippen molar-refractivity contribution in [2.45, 2.75) is 13.3 Å². The van der Waals surface area contributed by atoms with Gasteiger partial charge in [0.15, 0.2) is 0 Å². The summed E-state index contributed by atoms with van der Waals surface area (Å²) in [6, 6.07) is 15.0. The lowest BCUT2D eigenvalue weighted by Crippen LogP contribution is -2.12. The summed E-state index contributed by atoms with van der Waals surface area (Å²) in [4.78, 5) is 5.09. The molecule has 0 unspecified atom stereocenters. The van der Waals surface area contributed by atoms with Gasteiger partial charge in [-0.2, -0.15) is 0 Å². The maximum Gasteiger partial charge on any atom is 0.0449 e. The normalized spacial score (nSPS) is 10.9. The number of aryl methyl sites for hydroxylation is 1. The van der Waals surface area contributed by atoms with Crippen LogP contribution in [0.1, 0.15) is 23.6 Å². The largest absolute Gasteiger partial charge is 0.378 e. The minimum absolute atomic E-state index is 0.860. The van der Waals surface area contributed by atoms with Crippen LogP contribution < -0.4 is 9.80 Å². The van der Waals surface area contributed by atoms with Gasteiger partial charge in [0.2, 0.25) is 0 Å². The van der Waals surface area contributed by atoms with Crippen LogP contribution in [-0.4, -0.2) is 33.1 Å². The van der Waals surface area contributed by atoms with E-state index in [2.05, 4.69) is 93.5 Å².